The summed E-state index contributed by atoms with van der Waals surface area (Å²) < 4.78 is 16.7. The molecule has 44 heavy (non-hydrogen) atoms. The zero-order valence-electron chi connectivity index (χ0n) is 25.2. The van der Waals surface area contributed by atoms with Gasteiger partial charge < -0.3 is 19.3 Å². The fourth-order valence-electron chi connectivity index (χ4n) is 7.05. The number of para-hydroxylation sites is 2. The second-order valence-electron chi connectivity index (χ2n) is 11.8. The van der Waals surface area contributed by atoms with Gasteiger partial charge in [-0.2, -0.15) is 0 Å². The van der Waals surface area contributed by atoms with E-state index in [9.17, 15) is 14.0 Å². The van der Waals surface area contributed by atoms with Gasteiger partial charge in [-0.3, -0.25) is 9.59 Å². The number of benzene rings is 4. The molecule has 2 amide bonds. The number of carbonyl (C=O) groups is 2. The van der Waals surface area contributed by atoms with Gasteiger partial charge in [-0.05, 0) is 49.2 Å². The smallest absolute Gasteiger partial charge is 0.255 e. The summed E-state index contributed by atoms with van der Waals surface area (Å²) in [6.07, 6.45) is 0. The van der Waals surface area contributed by atoms with Crippen molar-refractivity contribution in [1.82, 2.24) is 14.4 Å². The van der Waals surface area contributed by atoms with Crippen LogP contribution < -0.4 is 4.90 Å². The number of carbonyl (C=O) groups excluding carboxylic acids is 2. The van der Waals surface area contributed by atoms with Crippen LogP contribution in [0.25, 0.3) is 22.2 Å². The zero-order chi connectivity index (χ0) is 30.5. The fourth-order valence-corrected chi connectivity index (χ4v) is 7.05. The average molecular weight is 587 g/mol. The van der Waals surface area contributed by atoms with Crippen molar-refractivity contribution < 1.29 is 14.0 Å². The molecule has 2 atom stereocenters. The largest absolute Gasteiger partial charge is 0.366 e. The van der Waals surface area contributed by atoms with Crippen molar-refractivity contribution in [2.75, 3.05) is 31.1 Å². The molecule has 1 aromatic heterocycles. The van der Waals surface area contributed by atoms with Crippen LogP contribution in [0.15, 0.2) is 97.1 Å². The number of anilines is 1. The van der Waals surface area contributed by atoms with Gasteiger partial charge in [0.1, 0.15) is 11.9 Å². The standard InChI is InChI=1S/C37H35FN4O2/c1-24-16-18-26(19-17-24)34-33(29-12-6-8-14-31(29)39(34)3)35-27-10-4-5-11-28(27)37(44)42(35)25(2)36(43)41-22-20-40(21-23-41)32-15-9-7-13-30(32)38/h4-19,25,35H,20-23H2,1-3H3. The van der Waals surface area contributed by atoms with Crippen molar-refractivity contribution in [3.8, 4) is 11.3 Å². The predicted octanol–water partition coefficient (Wildman–Crippen LogP) is 6.58. The van der Waals surface area contributed by atoms with E-state index in [4.69, 9.17) is 0 Å². The maximum Gasteiger partial charge on any atom is 0.255 e. The number of hydrogen-bond acceptors (Lipinski definition) is 3. The van der Waals surface area contributed by atoms with Crippen molar-refractivity contribution in [3.05, 3.63) is 125 Å². The molecular formula is C37H35FN4O2. The molecule has 0 saturated carbocycles. The number of amides is 2. The van der Waals surface area contributed by atoms with Crippen LogP contribution in [0, 0.1) is 12.7 Å². The minimum atomic E-state index is -0.704. The number of nitrogens with zero attached hydrogens (tertiary/aromatic N) is 4. The Kier molecular flexibility index (Phi) is 6.96. The third-order valence-electron chi connectivity index (χ3n) is 9.30. The van der Waals surface area contributed by atoms with E-state index >= 15 is 0 Å². The number of aromatic nitrogens is 1. The van der Waals surface area contributed by atoms with Crippen molar-refractivity contribution in [2.24, 2.45) is 7.05 Å². The van der Waals surface area contributed by atoms with E-state index in [0.717, 1.165) is 33.3 Å². The van der Waals surface area contributed by atoms with E-state index < -0.39 is 12.1 Å². The predicted molar refractivity (Wildman–Crippen MR) is 172 cm³/mol. The summed E-state index contributed by atoms with van der Waals surface area (Å²) in [7, 11) is 2.07. The number of piperazine rings is 1. The highest BCUT2D eigenvalue weighted by molar-refractivity contribution is 6.04. The van der Waals surface area contributed by atoms with Crippen LogP contribution in [0.2, 0.25) is 0 Å². The molecule has 3 heterocycles. The maximum atomic E-state index is 14.5. The van der Waals surface area contributed by atoms with Crippen LogP contribution in [0.3, 0.4) is 0 Å². The molecule has 2 aliphatic heterocycles. The van der Waals surface area contributed by atoms with Crippen molar-refractivity contribution in [1.29, 1.82) is 0 Å². The summed E-state index contributed by atoms with van der Waals surface area (Å²) in [6.45, 7) is 5.89. The maximum absolute atomic E-state index is 14.5. The molecule has 7 heteroatoms. The van der Waals surface area contributed by atoms with E-state index in [0.29, 0.717) is 37.4 Å². The Morgan fingerprint density at radius 2 is 1.50 bits per heavy atom. The SMILES string of the molecule is Cc1ccc(-c2c(C3c4ccccc4C(=O)N3C(C)C(=O)N3CCN(c4ccccc4F)CC3)c3ccccc3n2C)cc1. The van der Waals surface area contributed by atoms with Gasteiger partial charge in [0.05, 0.1) is 17.4 Å². The lowest BCUT2D eigenvalue weighted by Crippen LogP contribution is -2.55. The highest BCUT2D eigenvalue weighted by Crippen LogP contribution is 2.47. The van der Waals surface area contributed by atoms with E-state index in [-0.39, 0.29) is 17.6 Å². The van der Waals surface area contributed by atoms with Gasteiger partial charge in [0.2, 0.25) is 5.91 Å². The van der Waals surface area contributed by atoms with Crippen LogP contribution in [0.1, 0.15) is 40.0 Å². The molecule has 0 radical (unpaired) electrons. The molecule has 5 aromatic rings. The molecule has 0 aliphatic carbocycles. The average Bonchev–Trinajstić information content (AvgIpc) is 3.51. The quantitative estimate of drug-likeness (QED) is 0.234. The lowest BCUT2D eigenvalue weighted by Gasteiger charge is -2.39. The Labute approximate surface area is 256 Å². The fraction of sp³-hybridized carbons (Fsp3) is 0.243. The van der Waals surface area contributed by atoms with Crippen LogP contribution in [-0.2, 0) is 11.8 Å². The topological polar surface area (TPSA) is 48.8 Å². The summed E-state index contributed by atoms with van der Waals surface area (Å²) in [5.41, 5.74) is 7.44. The molecule has 2 unspecified atom stereocenters. The molecule has 0 bridgehead atoms. The minimum Gasteiger partial charge on any atom is -0.366 e. The van der Waals surface area contributed by atoms with Crippen LogP contribution in [0.5, 0.6) is 0 Å². The van der Waals surface area contributed by atoms with E-state index in [2.05, 4.69) is 54.9 Å². The van der Waals surface area contributed by atoms with Gasteiger partial charge in [-0.15, -0.1) is 0 Å². The third-order valence-corrected chi connectivity index (χ3v) is 9.30. The molecule has 0 N–H and O–H groups in total. The summed E-state index contributed by atoms with van der Waals surface area (Å²) in [6, 6.07) is 30.1. The number of halogens is 1. The molecule has 4 aromatic carbocycles. The summed E-state index contributed by atoms with van der Waals surface area (Å²) in [5, 5.41) is 1.06. The van der Waals surface area contributed by atoms with E-state index in [1.54, 1.807) is 17.0 Å². The van der Waals surface area contributed by atoms with Gasteiger partial charge in [0, 0.05) is 55.3 Å². The van der Waals surface area contributed by atoms with Gasteiger partial charge in [0.25, 0.3) is 5.91 Å². The van der Waals surface area contributed by atoms with E-state index in [1.165, 1.54) is 11.6 Å². The monoisotopic (exact) mass is 586 g/mol. The lowest BCUT2D eigenvalue weighted by atomic mass is 9.92. The van der Waals surface area contributed by atoms with Gasteiger partial charge in [-0.1, -0.05) is 78.4 Å². The highest BCUT2D eigenvalue weighted by Gasteiger charge is 2.45. The first kappa shape index (κ1) is 27.9. The van der Waals surface area contributed by atoms with Gasteiger partial charge in [-0.25, -0.2) is 4.39 Å². The normalized spacial score (nSPS) is 17.3. The molecular weight excluding hydrogens is 551 g/mol. The first-order valence-electron chi connectivity index (χ1n) is 15.2. The number of rotatable bonds is 5. The number of aryl methyl sites for hydroxylation is 2. The summed E-state index contributed by atoms with van der Waals surface area (Å²) in [5.74, 6) is -0.496. The zero-order valence-corrected chi connectivity index (χ0v) is 25.2. The third kappa shape index (κ3) is 4.46. The van der Waals surface area contributed by atoms with Crippen molar-refractivity contribution in [2.45, 2.75) is 25.9 Å². The van der Waals surface area contributed by atoms with E-state index in [1.807, 2.05) is 59.2 Å². The van der Waals surface area contributed by atoms with Crippen LogP contribution in [0.4, 0.5) is 10.1 Å². The Bertz CT molecular complexity index is 1890. The summed E-state index contributed by atoms with van der Waals surface area (Å²) in [4.78, 5) is 34.0. The first-order valence-corrected chi connectivity index (χ1v) is 15.2. The molecule has 6 nitrogen and oxygen atoms in total. The minimum absolute atomic E-state index is 0.0959. The van der Waals surface area contributed by atoms with Crippen molar-refractivity contribution >= 4 is 28.4 Å². The van der Waals surface area contributed by atoms with Crippen molar-refractivity contribution in [3.63, 3.8) is 0 Å². The van der Waals surface area contributed by atoms with Crippen LogP contribution in [-0.4, -0.2) is 58.4 Å². The Balaban J connectivity index is 1.29. The molecule has 2 aliphatic rings. The summed E-state index contributed by atoms with van der Waals surface area (Å²) >= 11 is 0. The van der Waals surface area contributed by atoms with Gasteiger partial charge >= 0.3 is 0 Å². The second-order valence-corrected chi connectivity index (χ2v) is 11.8. The number of fused-ring (bicyclic) bond motifs is 2. The molecule has 0 spiro atoms. The Hall–Kier alpha value is -4.91. The highest BCUT2D eigenvalue weighted by atomic mass is 19.1. The Morgan fingerprint density at radius 3 is 2.25 bits per heavy atom. The first-order chi connectivity index (χ1) is 21.3. The molecule has 222 valence electrons. The Morgan fingerprint density at radius 1 is 0.841 bits per heavy atom. The lowest BCUT2D eigenvalue weighted by molar-refractivity contribution is -0.136. The van der Waals surface area contributed by atoms with Gasteiger partial charge in [0.15, 0.2) is 0 Å². The second kappa shape index (κ2) is 11.0. The molecule has 7 rings (SSSR count). The molecule has 1 fully saturated rings. The molecule has 1 saturated heterocycles. The number of hydrogen-bond donors (Lipinski definition) is 0. The van der Waals surface area contributed by atoms with Crippen LogP contribution >= 0.6 is 0 Å².